The Kier molecular flexibility index (Phi) is 3.80. The van der Waals surface area contributed by atoms with E-state index in [4.69, 9.17) is 9.47 Å². The predicted octanol–water partition coefficient (Wildman–Crippen LogP) is 2.30. The molecule has 1 saturated carbocycles. The Morgan fingerprint density at radius 1 is 1.31 bits per heavy atom. The summed E-state index contributed by atoms with van der Waals surface area (Å²) in [4.78, 5) is 0. The molecule has 0 saturated heterocycles. The third-order valence-corrected chi connectivity index (χ3v) is 2.57. The number of benzene rings is 1. The standard InChI is InChI=1S/C13H18O3/c1-2-15-9-13(14)10-3-5-11(6-4-10)16-12-7-8-12/h3-6,12-14H,2,7-9H2,1H3. The van der Waals surface area contributed by atoms with Gasteiger partial charge in [-0.25, -0.2) is 0 Å². The van der Waals surface area contributed by atoms with Crippen molar-refractivity contribution in [2.45, 2.75) is 32.0 Å². The second kappa shape index (κ2) is 5.32. The smallest absolute Gasteiger partial charge is 0.119 e. The molecule has 0 aliphatic heterocycles. The Balaban J connectivity index is 1.89. The van der Waals surface area contributed by atoms with Gasteiger partial charge in [0, 0.05) is 6.61 Å². The summed E-state index contributed by atoms with van der Waals surface area (Å²) in [5, 5.41) is 9.77. The van der Waals surface area contributed by atoms with Crippen LogP contribution in [0.15, 0.2) is 24.3 Å². The third kappa shape index (κ3) is 3.22. The minimum Gasteiger partial charge on any atom is -0.490 e. The van der Waals surface area contributed by atoms with E-state index in [1.54, 1.807) is 0 Å². The first-order valence-electron chi connectivity index (χ1n) is 5.82. The largest absolute Gasteiger partial charge is 0.490 e. The fraction of sp³-hybridized carbons (Fsp3) is 0.538. The van der Waals surface area contributed by atoms with Crippen molar-refractivity contribution in [2.75, 3.05) is 13.2 Å². The van der Waals surface area contributed by atoms with E-state index < -0.39 is 6.10 Å². The van der Waals surface area contributed by atoms with Crippen molar-refractivity contribution < 1.29 is 14.6 Å². The molecule has 1 unspecified atom stereocenters. The molecule has 3 heteroatoms. The highest BCUT2D eigenvalue weighted by atomic mass is 16.5. The lowest BCUT2D eigenvalue weighted by atomic mass is 10.1. The first-order chi connectivity index (χ1) is 7.79. The number of rotatable bonds is 6. The van der Waals surface area contributed by atoms with E-state index in [0.29, 0.717) is 19.3 Å². The van der Waals surface area contributed by atoms with Crippen LogP contribution in [0, 0.1) is 0 Å². The molecule has 1 N–H and O–H groups in total. The molecule has 1 atom stereocenters. The predicted molar refractivity (Wildman–Crippen MR) is 61.5 cm³/mol. The van der Waals surface area contributed by atoms with Crippen molar-refractivity contribution in [3.63, 3.8) is 0 Å². The first-order valence-corrected chi connectivity index (χ1v) is 5.82. The summed E-state index contributed by atoms with van der Waals surface area (Å²) < 4.78 is 10.8. The fourth-order valence-electron chi connectivity index (χ4n) is 1.47. The van der Waals surface area contributed by atoms with Gasteiger partial charge in [0.05, 0.1) is 12.7 Å². The van der Waals surface area contributed by atoms with Crippen LogP contribution in [0.4, 0.5) is 0 Å². The SMILES string of the molecule is CCOCC(O)c1ccc(OC2CC2)cc1. The van der Waals surface area contributed by atoms with E-state index in [-0.39, 0.29) is 0 Å². The Labute approximate surface area is 96.0 Å². The van der Waals surface area contributed by atoms with E-state index >= 15 is 0 Å². The molecule has 0 radical (unpaired) electrons. The van der Waals surface area contributed by atoms with Gasteiger partial charge in [0.15, 0.2) is 0 Å². The Morgan fingerprint density at radius 3 is 2.56 bits per heavy atom. The minimum absolute atomic E-state index is 0.347. The van der Waals surface area contributed by atoms with Crippen LogP contribution < -0.4 is 4.74 Å². The summed E-state index contributed by atoms with van der Waals surface area (Å²) in [5.74, 6) is 0.884. The van der Waals surface area contributed by atoms with Gasteiger partial charge in [0.1, 0.15) is 11.9 Å². The Bertz CT molecular complexity index is 316. The molecular formula is C13H18O3. The van der Waals surface area contributed by atoms with Gasteiger partial charge in [-0.1, -0.05) is 12.1 Å². The monoisotopic (exact) mass is 222 g/mol. The summed E-state index contributed by atoms with van der Waals surface area (Å²) in [6, 6.07) is 7.59. The Morgan fingerprint density at radius 2 is 2.00 bits per heavy atom. The lowest BCUT2D eigenvalue weighted by molar-refractivity contribution is 0.0420. The van der Waals surface area contributed by atoms with Gasteiger partial charge < -0.3 is 14.6 Å². The van der Waals surface area contributed by atoms with Crippen LogP contribution in [-0.2, 0) is 4.74 Å². The van der Waals surface area contributed by atoms with E-state index in [1.165, 1.54) is 0 Å². The van der Waals surface area contributed by atoms with Crippen LogP contribution in [0.5, 0.6) is 5.75 Å². The van der Waals surface area contributed by atoms with Crippen molar-refractivity contribution in [3.8, 4) is 5.75 Å². The lowest BCUT2D eigenvalue weighted by Gasteiger charge is -2.11. The lowest BCUT2D eigenvalue weighted by Crippen LogP contribution is -2.07. The fourth-order valence-corrected chi connectivity index (χ4v) is 1.47. The van der Waals surface area contributed by atoms with Crippen LogP contribution in [-0.4, -0.2) is 24.4 Å². The van der Waals surface area contributed by atoms with Crippen molar-refractivity contribution >= 4 is 0 Å². The van der Waals surface area contributed by atoms with Gasteiger partial charge >= 0.3 is 0 Å². The van der Waals surface area contributed by atoms with Crippen LogP contribution in [0.2, 0.25) is 0 Å². The van der Waals surface area contributed by atoms with Crippen molar-refractivity contribution in [1.82, 2.24) is 0 Å². The normalized spacial score (nSPS) is 17.1. The molecule has 0 aromatic heterocycles. The molecule has 2 rings (SSSR count). The second-order valence-electron chi connectivity index (χ2n) is 4.06. The molecule has 3 nitrogen and oxygen atoms in total. The molecule has 0 heterocycles. The molecule has 1 aliphatic carbocycles. The van der Waals surface area contributed by atoms with Gasteiger partial charge in [0.2, 0.25) is 0 Å². The number of aliphatic hydroxyl groups is 1. The van der Waals surface area contributed by atoms with E-state index in [1.807, 2.05) is 31.2 Å². The highest BCUT2D eigenvalue weighted by Gasteiger charge is 2.23. The molecule has 88 valence electrons. The highest BCUT2D eigenvalue weighted by molar-refractivity contribution is 5.29. The molecule has 1 aromatic rings. The van der Waals surface area contributed by atoms with Crippen molar-refractivity contribution in [1.29, 1.82) is 0 Å². The van der Waals surface area contributed by atoms with Gasteiger partial charge in [-0.3, -0.25) is 0 Å². The van der Waals surface area contributed by atoms with E-state index in [9.17, 15) is 5.11 Å². The average molecular weight is 222 g/mol. The molecule has 1 aromatic carbocycles. The van der Waals surface area contributed by atoms with Gasteiger partial charge in [-0.15, -0.1) is 0 Å². The number of hydrogen-bond acceptors (Lipinski definition) is 3. The zero-order chi connectivity index (χ0) is 11.4. The van der Waals surface area contributed by atoms with Crippen molar-refractivity contribution in [3.05, 3.63) is 29.8 Å². The third-order valence-electron chi connectivity index (χ3n) is 2.57. The quantitative estimate of drug-likeness (QED) is 0.802. The molecule has 0 bridgehead atoms. The topological polar surface area (TPSA) is 38.7 Å². The van der Waals surface area contributed by atoms with Crippen LogP contribution >= 0.6 is 0 Å². The molecular weight excluding hydrogens is 204 g/mol. The number of aliphatic hydroxyl groups excluding tert-OH is 1. The zero-order valence-electron chi connectivity index (χ0n) is 9.56. The molecule has 16 heavy (non-hydrogen) atoms. The van der Waals surface area contributed by atoms with Gasteiger partial charge in [0.25, 0.3) is 0 Å². The number of hydrogen-bond donors (Lipinski definition) is 1. The zero-order valence-corrected chi connectivity index (χ0v) is 9.56. The maximum atomic E-state index is 9.77. The molecule has 0 spiro atoms. The summed E-state index contributed by atoms with van der Waals surface area (Å²) in [6.07, 6.45) is 2.19. The summed E-state index contributed by atoms with van der Waals surface area (Å²) >= 11 is 0. The average Bonchev–Trinajstić information content (AvgIpc) is 3.11. The number of ether oxygens (including phenoxy) is 2. The molecule has 1 aliphatic rings. The van der Waals surface area contributed by atoms with Crippen molar-refractivity contribution in [2.24, 2.45) is 0 Å². The van der Waals surface area contributed by atoms with Crippen LogP contribution in [0.25, 0.3) is 0 Å². The molecule has 1 fully saturated rings. The minimum atomic E-state index is -0.546. The maximum absolute atomic E-state index is 9.77. The van der Waals surface area contributed by atoms with E-state index in [2.05, 4.69) is 0 Å². The summed E-state index contributed by atoms with van der Waals surface area (Å²) in [7, 11) is 0. The highest BCUT2D eigenvalue weighted by Crippen LogP contribution is 2.27. The molecule has 0 amide bonds. The van der Waals surface area contributed by atoms with Crippen LogP contribution in [0.1, 0.15) is 31.4 Å². The summed E-state index contributed by atoms with van der Waals surface area (Å²) in [6.45, 7) is 2.89. The first kappa shape index (κ1) is 11.4. The van der Waals surface area contributed by atoms with Gasteiger partial charge in [-0.2, -0.15) is 0 Å². The summed E-state index contributed by atoms with van der Waals surface area (Å²) in [5.41, 5.74) is 0.872. The second-order valence-corrected chi connectivity index (χ2v) is 4.06. The van der Waals surface area contributed by atoms with E-state index in [0.717, 1.165) is 24.2 Å². The van der Waals surface area contributed by atoms with Gasteiger partial charge in [-0.05, 0) is 37.5 Å². The maximum Gasteiger partial charge on any atom is 0.119 e. The Hall–Kier alpha value is -1.06. The van der Waals surface area contributed by atoms with Crippen LogP contribution in [0.3, 0.4) is 0 Å².